The molecule has 10 heteroatoms. The van der Waals surface area contributed by atoms with Crippen LogP contribution >= 0.6 is 0 Å². The zero-order valence-corrected chi connectivity index (χ0v) is 23.7. The first kappa shape index (κ1) is 29.5. The second kappa shape index (κ2) is 13.1. The molecule has 9 nitrogen and oxygen atoms in total. The number of hydrogen-bond donors (Lipinski definition) is 1. The summed E-state index contributed by atoms with van der Waals surface area (Å²) in [6.07, 6.45) is 0. The van der Waals surface area contributed by atoms with Gasteiger partial charge in [-0.2, -0.15) is 0 Å². The van der Waals surface area contributed by atoms with E-state index in [1.54, 1.807) is 68.6 Å². The summed E-state index contributed by atoms with van der Waals surface area (Å²) in [5, 5.41) is 2.57. The standard InChI is InChI=1S/C29H35N3O6S/c1-6-38-25-14-12-24(13-15-25)32(39(35,36)27-16-10-21(2)11-17-27)20-28(33)31(22(3)29(34)30-4)19-23-8-7-9-26(18-23)37-5/h7-18,22H,6,19-20H2,1-5H3,(H,30,34)/t22-/m0/s1. The third-order valence-electron chi connectivity index (χ3n) is 6.22. The van der Waals surface area contributed by atoms with Crippen LogP contribution in [-0.4, -0.2) is 58.5 Å². The van der Waals surface area contributed by atoms with Gasteiger partial charge in [0, 0.05) is 13.6 Å². The molecule has 1 N–H and O–H groups in total. The highest BCUT2D eigenvalue weighted by atomic mass is 32.2. The van der Waals surface area contributed by atoms with E-state index in [-0.39, 0.29) is 17.3 Å². The molecule has 0 unspecified atom stereocenters. The Bertz CT molecular complexity index is 1370. The lowest BCUT2D eigenvalue weighted by atomic mass is 10.1. The molecule has 3 rings (SSSR count). The summed E-state index contributed by atoms with van der Waals surface area (Å²) in [5.41, 5.74) is 1.93. The van der Waals surface area contributed by atoms with E-state index in [1.165, 1.54) is 24.1 Å². The number of amides is 2. The fraction of sp³-hybridized carbons (Fsp3) is 0.310. The Kier molecular flexibility index (Phi) is 9.95. The number of ether oxygens (including phenoxy) is 2. The lowest BCUT2D eigenvalue weighted by Crippen LogP contribution is -2.50. The van der Waals surface area contributed by atoms with Gasteiger partial charge in [-0.3, -0.25) is 13.9 Å². The van der Waals surface area contributed by atoms with Gasteiger partial charge in [0.05, 0.1) is 24.3 Å². The summed E-state index contributed by atoms with van der Waals surface area (Å²) in [6.45, 7) is 5.33. The van der Waals surface area contributed by atoms with Crippen molar-refractivity contribution in [2.24, 2.45) is 0 Å². The lowest BCUT2D eigenvalue weighted by molar-refractivity contribution is -0.139. The first-order valence-electron chi connectivity index (χ1n) is 12.6. The average Bonchev–Trinajstić information content (AvgIpc) is 2.94. The molecular formula is C29H35N3O6S. The summed E-state index contributed by atoms with van der Waals surface area (Å²) in [4.78, 5) is 27.8. The Morgan fingerprint density at radius 2 is 1.64 bits per heavy atom. The van der Waals surface area contributed by atoms with Crippen molar-refractivity contribution in [2.45, 2.75) is 38.3 Å². The van der Waals surface area contributed by atoms with Crippen LogP contribution in [0, 0.1) is 6.92 Å². The molecule has 0 fully saturated rings. The molecule has 0 aromatic heterocycles. The Morgan fingerprint density at radius 3 is 2.23 bits per heavy atom. The van der Waals surface area contributed by atoms with Crippen molar-refractivity contribution in [1.82, 2.24) is 10.2 Å². The first-order chi connectivity index (χ1) is 18.6. The number of anilines is 1. The smallest absolute Gasteiger partial charge is 0.264 e. The second-order valence-electron chi connectivity index (χ2n) is 8.92. The van der Waals surface area contributed by atoms with Crippen LogP contribution in [0.5, 0.6) is 11.5 Å². The topological polar surface area (TPSA) is 105 Å². The number of methoxy groups -OCH3 is 1. The molecule has 0 saturated heterocycles. The minimum Gasteiger partial charge on any atom is -0.497 e. The lowest BCUT2D eigenvalue weighted by Gasteiger charge is -2.32. The van der Waals surface area contributed by atoms with Gasteiger partial charge in [-0.15, -0.1) is 0 Å². The van der Waals surface area contributed by atoms with Crippen LogP contribution in [0.2, 0.25) is 0 Å². The van der Waals surface area contributed by atoms with Gasteiger partial charge in [-0.1, -0.05) is 29.8 Å². The Labute approximate surface area is 230 Å². The highest BCUT2D eigenvalue weighted by Gasteiger charge is 2.32. The first-order valence-corrected chi connectivity index (χ1v) is 14.0. The van der Waals surface area contributed by atoms with Crippen molar-refractivity contribution in [3.8, 4) is 11.5 Å². The number of sulfonamides is 1. The van der Waals surface area contributed by atoms with Crippen LogP contribution in [0.25, 0.3) is 0 Å². The molecule has 0 heterocycles. The SMILES string of the molecule is CCOc1ccc(N(CC(=O)N(Cc2cccc(OC)c2)[C@@H](C)C(=O)NC)S(=O)(=O)c2ccc(C)cc2)cc1. The van der Waals surface area contributed by atoms with Crippen LogP contribution in [-0.2, 0) is 26.2 Å². The molecule has 3 aromatic rings. The van der Waals surface area contributed by atoms with E-state index in [1.807, 2.05) is 19.9 Å². The normalized spacial score (nSPS) is 11.8. The van der Waals surface area contributed by atoms with Crippen LogP contribution in [0.1, 0.15) is 25.0 Å². The summed E-state index contributed by atoms with van der Waals surface area (Å²) >= 11 is 0. The van der Waals surface area contributed by atoms with E-state index >= 15 is 0 Å². The van der Waals surface area contributed by atoms with Crippen LogP contribution in [0.3, 0.4) is 0 Å². The molecule has 2 amide bonds. The Morgan fingerprint density at radius 1 is 0.974 bits per heavy atom. The maximum atomic E-state index is 13.8. The number of benzene rings is 3. The van der Waals surface area contributed by atoms with Crippen LogP contribution in [0.15, 0.2) is 77.7 Å². The molecular weight excluding hydrogens is 518 g/mol. The minimum atomic E-state index is -4.14. The molecule has 0 spiro atoms. The second-order valence-corrected chi connectivity index (χ2v) is 10.8. The third kappa shape index (κ3) is 7.29. The van der Waals surface area contributed by atoms with Crippen LogP contribution < -0.4 is 19.1 Å². The predicted octanol–water partition coefficient (Wildman–Crippen LogP) is 3.76. The van der Waals surface area contributed by atoms with E-state index in [4.69, 9.17) is 9.47 Å². The summed E-state index contributed by atoms with van der Waals surface area (Å²) in [5.74, 6) is 0.261. The quantitative estimate of drug-likeness (QED) is 0.366. The summed E-state index contributed by atoms with van der Waals surface area (Å²) in [6, 6.07) is 19.2. The van der Waals surface area contributed by atoms with E-state index in [0.717, 1.165) is 15.4 Å². The number of rotatable bonds is 12. The predicted molar refractivity (Wildman–Crippen MR) is 150 cm³/mol. The molecule has 3 aromatic carbocycles. The van der Waals surface area contributed by atoms with Crippen molar-refractivity contribution in [3.63, 3.8) is 0 Å². The fourth-order valence-electron chi connectivity index (χ4n) is 4.00. The molecule has 1 atom stereocenters. The summed E-state index contributed by atoms with van der Waals surface area (Å²) < 4.78 is 39.5. The molecule has 0 aliphatic carbocycles. The maximum Gasteiger partial charge on any atom is 0.264 e. The van der Waals surface area contributed by atoms with E-state index in [9.17, 15) is 18.0 Å². The third-order valence-corrected chi connectivity index (χ3v) is 8.01. The van der Waals surface area contributed by atoms with Crippen molar-refractivity contribution in [3.05, 3.63) is 83.9 Å². The molecule has 39 heavy (non-hydrogen) atoms. The van der Waals surface area contributed by atoms with Crippen LogP contribution in [0.4, 0.5) is 5.69 Å². The summed E-state index contributed by atoms with van der Waals surface area (Å²) in [7, 11) is -1.11. The number of carbonyl (C=O) groups is 2. The maximum absolute atomic E-state index is 13.8. The van der Waals surface area contributed by atoms with Gasteiger partial charge < -0.3 is 19.7 Å². The van der Waals surface area contributed by atoms with Gasteiger partial charge in [-0.05, 0) is 74.9 Å². The zero-order chi connectivity index (χ0) is 28.6. The molecule has 0 saturated carbocycles. The van der Waals surface area contributed by atoms with E-state index in [0.29, 0.717) is 23.8 Å². The number of nitrogens with one attached hydrogen (secondary N) is 1. The molecule has 0 radical (unpaired) electrons. The molecule has 0 bridgehead atoms. The minimum absolute atomic E-state index is 0.0495. The Balaban J connectivity index is 2.03. The fourth-order valence-corrected chi connectivity index (χ4v) is 5.41. The van der Waals surface area contributed by atoms with Crippen molar-refractivity contribution >= 4 is 27.5 Å². The highest BCUT2D eigenvalue weighted by Crippen LogP contribution is 2.27. The van der Waals surface area contributed by atoms with Crippen molar-refractivity contribution in [1.29, 1.82) is 0 Å². The number of hydrogen-bond acceptors (Lipinski definition) is 6. The average molecular weight is 554 g/mol. The van der Waals surface area contributed by atoms with Crippen molar-refractivity contribution < 1.29 is 27.5 Å². The van der Waals surface area contributed by atoms with Crippen molar-refractivity contribution in [2.75, 3.05) is 31.6 Å². The van der Waals surface area contributed by atoms with Gasteiger partial charge in [0.25, 0.3) is 10.0 Å². The van der Waals surface area contributed by atoms with E-state index in [2.05, 4.69) is 5.32 Å². The molecule has 0 aliphatic rings. The van der Waals surface area contributed by atoms with Gasteiger partial charge >= 0.3 is 0 Å². The number of likely N-dealkylation sites (N-methyl/N-ethyl adjacent to an activating group) is 1. The van der Waals surface area contributed by atoms with Gasteiger partial charge in [0.2, 0.25) is 11.8 Å². The Hall–Kier alpha value is -4.05. The number of carbonyl (C=O) groups excluding carboxylic acids is 2. The number of nitrogens with zero attached hydrogens (tertiary/aromatic N) is 2. The molecule has 208 valence electrons. The zero-order valence-electron chi connectivity index (χ0n) is 22.9. The van der Waals surface area contributed by atoms with Gasteiger partial charge in [0.15, 0.2) is 0 Å². The highest BCUT2D eigenvalue weighted by molar-refractivity contribution is 7.92. The number of aryl methyl sites for hydroxylation is 1. The van der Waals surface area contributed by atoms with Gasteiger partial charge in [0.1, 0.15) is 24.1 Å². The van der Waals surface area contributed by atoms with E-state index < -0.39 is 28.5 Å². The van der Waals surface area contributed by atoms with Gasteiger partial charge in [-0.25, -0.2) is 8.42 Å². The largest absolute Gasteiger partial charge is 0.497 e. The molecule has 0 aliphatic heterocycles. The monoisotopic (exact) mass is 553 g/mol.